The third-order valence-corrected chi connectivity index (χ3v) is 6.32. The third kappa shape index (κ3) is 4.34. The summed E-state index contributed by atoms with van der Waals surface area (Å²) in [4.78, 5) is 12.1. The van der Waals surface area contributed by atoms with E-state index in [-0.39, 0.29) is 11.7 Å². The van der Waals surface area contributed by atoms with Gasteiger partial charge in [0, 0.05) is 25.4 Å². The third-order valence-electron chi connectivity index (χ3n) is 4.47. The zero-order chi connectivity index (χ0) is 17.0. The van der Waals surface area contributed by atoms with Crippen molar-refractivity contribution in [1.82, 2.24) is 4.31 Å². The lowest BCUT2D eigenvalue weighted by atomic mass is 10.2. The molecule has 1 aromatic rings. The summed E-state index contributed by atoms with van der Waals surface area (Å²) in [5.41, 5.74) is 1.30. The van der Waals surface area contributed by atoms with E-state index in [4.69, 9.17) is 4.74 Å². The van der Waals surface area contributed by atoms with Gasteiger partial charge in [-0.15, -0.1) is 0 Å². The molecular formula is C17H24N2O4S. The van der Waals surface area contributed by atoms with Crippen molar-refractivity contribution < 1.29 is 17.9 Å². The molecule has 132 valence electrons. The van der Waals surface area contributed by atoms with E-state index in [1.165, 1.54) is 0 Å². The fraction of sp³-hybridized carbons (Fsp3) is 0.588. The van der Waals surface area contributed by atoms with E-state index in [2.05, 4.69) is 5.32 Å². The van der Waals surface area contributed by atoms with Gasteiger partial charge in [-0.3, -0.25) is 4.79 Å². The number of piperidine rings is 1. The van der Waals surface area contributed by atoms with E-state index in [0.717, 1.165) is 32.1 Å². The Labute approximate surface area is 143 Å². The predicted molar refractivity (Wildman–Crippen MR) is 92.1 cm³/mol. The standard InChI is InChI=1S/C17H24N2O4S/c20-17(16-8-5-11-23-16)18-15-7-4-6-14(12-15)13-24(21,22)19-9-2-1-3-10-19/h4,6-7,12,16H,1-3,5,8-11,13H2,(H,18,20). The molecule has 24 heavy (non-hydrogen) atoms. The zero-order valence-corrected chi connectivity index (χ0v) is 14.6. The SMILES string of the molecule is O=C(Nc1cccc(CS(=O)(=O)N2CCCCC2)c1)C1CCCO1. The van der Waals surface area contributed by atoms with Crippen LogP contribution in [0.3, 0.4) is 0 Å². The number of ether oxygens (including phenoxy) is 1. The van der Waals surface area contributed by atoms with Gasteiger partial charge < -0.3 is 10.1 Å². The highest BCUT2D eigenvalue weighted by atomic mass is 32.2. The van der Waals surface area contributed by atoms with Crippen LogP contribution in [-0.2, 0) is 25.3 Å². The largest absolute Gasteiger partial charge is 0.368 e. The van der Waals surface area contributed by atoms with Crippen molar-refractivity contribution in [2.45, 2.75) is 44.0 Å². The maximum absolute atomic E-state index is 12.5. The summed E-state index contributed by atoms with van der Waals surface area (Å²) in [5.74, 6) is -0.195. The first-order chi connectivity index (χ1) is 11.5. The molecule has 0 radical (unpaired) electrons. The van der Waals surface area contributed by atoms with Crippen LogP contribution in [0.25, 0.3) is 0 Å². The molecule has 1 aromatic carbocycles. The summed E-state index contributed by atoms with van der Waals surface area (Å²) in [6.45, 7) is 1.84. The van der Waals surface area contributed by atoms with Gasteiger partial charge in [-0.05, 0) is 43.4 Å². The Balaban J connectivity index is 1.65. The number of hydrogen-bond acceptors (Lipinski definition) is 4. The Bertz CT molecular complexity index is 678. The Morgan fingerprint density at radius 3 is 2.71 bits per heavy atom. The quantitative estimate of drug-likeness (QED) is 0.881. The lowest BCUT2D eigenvalue weighted by Gasteiger charge is -2.26. The number of amides is 1. The molecule has 1 N–H and O–H groups in total. The normalized spacial score (nSPS) is 22.4. The minimum absolute atomic E-state index is 0.0311. The molecule has 0 bridgehead atoms. The summed E-state index contributed by atoms with van der Waals surface area (Å²) < 4.78 is 32.0. The molecule has 2 heterocycles. The molecule has 7 heteroatoms. The number of hydrogen-bond donors (Lipinski definition) is 1. The Hall–Kier alpha value is -1.44. The lowest BCUT2D eigenvalue weighted by Crippen LogP contribution is -2.36. The van der Waals surface area contributed by atoms with Crippen molar-refractivity contribution in [3.8, 4) is 0 Å². The highest BCUT2D eigenvalue weighted by Crippen LogP contribution is 2.20. The van der Waals surface area contributed by atoms with Crippen LogP contribution in [0.4, 0.5) is 5.69 Å². The summed E-state index contributed by atoms with van der Waals surface area (Å²) in [5, 5.41) is 2.82. The van der Waals surface area contributed by atoms with Gasteiger partial charge in [0.15, 0.2) is 0 Å². The van der Waals surface area contributed by atoms with Crippen molar-refractivity contribution in [2.24, 2.45) is 0 Å². The Morgan fingerprint density at radius 2 is 2.00 bits per heavy atom. The van der Waals surface area contributed by atoms with Crippen molar-refractivity contribution in [3.63, 3.8) is 0 Å². The first kappa shape index (κ1) is 17.4. The fourth-order valence-corrected chi connectivity index (χ4v) is 4.79. The molecule has 0 spiro atoms. The van der Waals surface area contributed by atoms with E-state index in [1.54, 1.807) is 28.6 Å². The average molecular weight is 352 g/mol. The molecule has 6 nitrogen and oxygen atoms in total. The highest BCUT2D eigenvalue weighted by molar-refractivity contribution is 7.88. The van der Waals surface area contributed by atoms with E-state index in [1.807, 2.05) is 0 Å². The summed E-state index contributed by atoms with van der Waals surface area (Å²) in [7, 11) is -3.30. The van der Waals surface area contributed by atoms with E-state index >= 15 is 0 Å². The second kappa shape index (κ2) is 7.63. The van der Waals surface area contributed by atoms with Crippen LogP contribution >= 0.6 is 0 Å². The van der Waals surface area contributed by atoms with Crippen molar-refractivity contribution in [1.29, 1.82) is 0 Å². The first-order valence-electron chi connectivity index (χ1n) is 8.54. The van der Waals surface area contributed by atoms with Gasteiger partial charge in [0.05, 0.1) is 5.75 Å². The number of nitrogens with one attached hydrogen (secondary N) is 1. The van der Waals surface area contributed by atoms with Crippen LogP contribution in [0.1, 0.15) is 37.7 Å². The van der Waals surface area contributed by atoms with Crippen LogP contribution in [0.15, 0.2) is 24.3 Å². The van der Waals surface area contributed by atoms with Crippen LogP contribution < -0.4 is 5.32 Å². The number of benzene rings is 1. The van der Waals surface area contributed by atoms with Gasteiger partial charge in [0.25, 0.3) is 5.91 Å². The number of carbonyl (C=O) groups is 1. The fourth-order valence-electron chi connectivity index (χ4n) is 3.19. The monoisotopic (exact) mass is 352 g/mol. The zero-order valence-electron chi connectivity index (χ0n) is 13.7. The van der Waals surface area contributed by atoms with E-state index in [9.17, 15) is 13.2 Å². The second-order valence-corrected chi connectivity index (χ2v) is 8.38. The molecule has 2 aliphatic heterocycles. The van der Waals surface area contributed by atoms with Gasteiger partial charge in [-0.1, -0.05) is 18.6 Å². The molecule has 2 aliphatic rings. The van der Waals surface area contributed by atoms with Crippen molar-refractivity contribution in [2.75, 3.05) is 25.0 Å². The smallest absolute Gasteiger partial charge is 0.253 e. The molecule has 1 atom stereocenters. The molecule has 1 unspecified atom stereocenters. The molecule has 3 rings (SSSR count). The molecule has 1 amide bonds. The van der Waals surface area contributed by atoms with E-state index < -0.39 is 16.1 Å². The molecule has 2 saturated heterocycles. The van der Waals surface area contributed by atoms with Crippen LogP contribution in [-0.4, -0.2) is 44.4 Å². The number of sulfonamides is 1. The van der Waals surface area contributed by atoms with Gasteiger partial charge in [-0.2, -0.15) is 0 Å². The lowest BCUT2D eigenvalue weighted by molar-refractivity contribution is -0.124. The number of nitrogens with zero attached hydrogens (tertiary/aromatic N) is 1. The minimum Gasteiger partial charge on any atom is -0.368 e. The van der Waals surface area contributed by atoms with Gasteiger partial charge in [0.2, 0.25) is 10.0 Å². The van der Waals surface area contributed by atoms with Crippen LogP contribution in [0.2, 0.25) is 0 Å². The molecular weight excluding hydrogens is 328 g/mol. The Kier molecular flexibility index (Phi) is 5.53. The van der Waals surface area contributed by atoms with Gasteiger partial charge >= 0.3 is 0 Å². The number of rotatable bonds is 5. The second-order valence-electron chi connectivity index (χ2n) is 6.41. The van der Waals surface area contributed by atoms with Crippen LogP contribution in [0, 0.1) is 0 Å². The van der Waals surface area contributed by atoms with Crippen molar-refractivity contribution >= 4 is 21.6 Å². The predicted octanol–water partition coefficient (Wildman–Crippen LogP) is 2.12. The minimum atomic E-state index is -3.30. The van der Waals surface area contributed by atoms with Crippen LogP contribution in [0.5, 0.6) is 0 Å². The number of anilines is 1. The first-order valence-corrected chi connectivity index (χ1v) is 10.1. The summed E-state index contributed by atoms with van der Waals surface area (Å²) in [6, 6.07) is 7.05. The van der Waals surface area contributed by atoms with E-state index in [0.29, 0.717) is 30.9 Å². The van der Waals surface area contributed by atoms with Crippen molar-refractivity contribution in [3.05, 3.63) is 29.8 Å². The maximum atomic E-state index is 12.5. The highest BCUT2D eigenvalue weighted by Gasteiger charge is 2.25. The summed E-state index contributed by atoms with van der Waals surface area (Å²) >= 11 is 0. The topological polar surface area (TPSA) is 75.7 Å². The average Bonchev–Trinajstić information content (AvgIpc) is 3.10. The van der Waals surface area contributed by atoms with Gasteiger partial charge in [-0.25, -0.2) is 12.7 Å². The maximum Gasteiger partial charge on any atom is 0.253 e. The molecule has 0 aliphatic carbocycles. The summed E-state index contributed by atoms with van der Waals surface area (Å²) in [6.07, 6.45) is 4.18. The molecule has 0 saturated carbocycles. The van der Waals surface area contributed by atoms with Gasteiger partial charge in [0.1, 0.15) is 6.10 Å². The molecule has 2 fully saturated rings. The Morgan fingerprint density at radius 1 is 1.21 bits per heavy atom. The molecule has 0 aromatic heterocycles. The number of carbonyl (C=O) groups excluding carboxylic acids is 1.